The Morgan fingerprint density at radius 2 is 1.93 bits per heavy atom. The van der Waals surface area contributed by atoms with Crippen LogP contribution in [0.1, 0.15) is 49.8 Å². The molecule has 0 saturated heterocycles. The van der Waals surface area contributed by atoms with Crippen molar-refractivity contribution in [3.8, 4) is 0 Å². The third-order valence-electron chi connectivity index (χ3n) is 2.98. The second-order valence-corrected chi connectivity index (χ2v) is 5.06. The minimum Gasteiger partial charge on any atom is -0.122 e. The Hall–Kier alpha value is -0.0100. The molecule has 1 aromatic carbocycles. The molecule has 0 radical (unpaired) electrons. The van der Waals surface area contributed by atoms with Gasteiger partial charge < -0.3 is 0 Å². The van der Waals surface area contributed by atoms with Crippen LogP contribution in [0.4, 0.5) is 0 Å². The molecule has 0 amide bonds. The van der Waals surface area contributed by atoms with E-state index < -0.39 is 0 Å². The number of benzene rings is 1. The molecular weight excluding hydrogens is 272 g/mol. The Morgan fingerprint density at radius 1 is 1.27 bits per heavy atom. The number of rotatable bonds is 4. The smallest absolute Gasteiger partial charge is 0.0477 e. The van der Waals surface area contributed by atoms with Crippen molar-refractivity contribution >= 4 is 27.5 Å². The van der Waals surface area contributed by atoms with E-state index in [-0.39, 0.29) is 0 Å². The van der Waals surface area contributed by atoms with E-state index in [1.54, 1.807) is 0 Å². The van der Waals surface area contributed by atoms with Crippen LogP contribution >= 0.6 is 27.5 Å². The molecule has 0 spiro atoms. The Kier molecular flexibility index (Phi) is 5.14. The standard InChI is InChI=1S/C13H18BrCl/c1-4-9(3)12-7-13(14)10(5-2)6-11(12)8-15/h6-7,9H,4-5,8H2,1-3H3. The fraction of sp³-hybridized carbons (Fsp3) is 0.538. The molecule has 15 heavy (non-hydrogen) atoms. The molecular formula is C13H18BrCl. The van der Waals surface area contributed by atoms with Gasteiger partial charge in [0.15, 0.2) is 0 Å². The summed E-state index contributed by atoms with van der Waals surface area (Å²) in [5.41, 5.74) is 4.01. The lowest BCUT2D eigenvalue weighted by Gasteiger charge is -2.16. The van der Waals surface area contributed by atoms with E-state index in [9.17, 15) is 0 Å². The predicted molar refractivity (Wildman–Crippen MR) is 71.8 cm³/mol. The van der Waals surface area contributed by atoms with Crippen LogP contribution in [-0.2, 0) is 12.3 Å². The molecule has 0 heterocycles. The van der Waals surface area contributed by atoms with Gasteiger partial charge in [-0.2, -0.15) is 0 Å². The summed E-state index contributed by atoms with van der Waals surface area (Å²) < 4.78 is 1.22. The minimum atomic E-state index is 0.584. The molecule has 84 valence electrons. The first-order valence-corrected chi connectivity index (χ1v) is 6.83. The highest BCUT2D eigenvalue weighted by atomic mass is 79.9. The first-order valence-electron chi connectivity index (χ1n) is 5.51. The molecule has 2 heteroatoms. The molecule has 0 nitrogen and oxygen atoms in total. The van der Waals surface area contributed by atoms with Crippen molar-refractivity contribution in [3.63, 3.8) is 0 Å². The topological polar surface area (TPSA) is 0 Å². The van der Waals surface area contributed by atoms with Crippen LogP contribution in [0, 0.1) is 0 Å². The number of hydrogen-bond acceptors (Lipinski definition) is 0. The molecule has 0 bridgehead atoms. The van der Waals surface area contributed by atoms with Crippen molar-refractivity contribution in [2.75, 3.05) is 0 Å². The first-order chi connectivity index (χ1) is 7.13. The Bertz CT molecular complexity index is 334. The summed E-state index contributed by atoms with van der Waals surface area (Å²) in [6.45, 7) is 6.63. The van der Waals surface area contributed by atoms with Gasteiger partial charge in [0, 0.05) is 10.4 Å². The fourth-order valence-electron chi connectivity index (χ4n) is 1.75. The maximum Gasteiger partial charge on any atom is 0.0477 e. The van der Waals surface area contributed by atoms with Gasteiger partial charge >= 0.3 is 0 Å². The zero-order valence-electron chi connectivity index (χ0n) is 9.61. The average molecular weight is 290 g/mol. The molecule has 1 unspecified atom stereocenters. The summed E-state index contributed by atoms with van der Waals surface area (Å²) in [5.74, 6) is 1.20. The normalized spacial score (nSPS) is 12.9. The molecule has 0 fully saturated rings. The van der Waals surface area contributed by atoms with E-state index in [1.165, 1.54) is 21.2 Å². The van der Waals surface area contributed by atoms with Crippen LogP contribution in [0.25, 0.3) is 0 Å². The van der Waals surface area contributed by atoms with Crippen molar-refractivity contribution in [1.82, 2.24) is 0 Å². The summed E-state index contributed by atoms with van der Waals surface area (Å²) in [4.78, 5) is 0. The lowest BCUT2D eigenvalue weighted by molar-refractivity contribution is 0.726. The number of halogens is 2. The van der Waals surface area contributed by atoms with Crippen LogP contribution in [0.15, 0.2) is 16.6 Å². The van der Waals surface area contributed by atoms with Gasteiger partial charge in [0.05, 0.1) is 0 Å². The minimum absolute atomic E-state index is 0.584. The van der Waals surface area contributed by atoms with E-state index in [4.69, 9.17) is 11.6 Å². The lowest BCUT2D eigenvalue weighted by Crippen LogP contribution is -1.99. The molecule has 1 aromatic rings. The molecule has 1 atom stereocenters. The average Bonchev–Trinajstić information content (AvgIpc) is 2.27. The zero-order valence-corrected chi connectivity index (χ0v) is 12.0. The second kappa shape index (κ2) is 5.91. The highest BCUT2D eigenvalue weighted by molar-refractivity contribution is 9.10. The predicted octanol–water partition coefficient (Wildman–Crippen LogP) is 5.26. The van der Waals surface area contributed by atoms with Crippen molar-refractivity contribution in [2.45, 2.75) is 45.4 Å². The van der Waals surface area contributed by atoms with Gasteiger partial charge in [-0.15, -0.1) is 11.6 Å². The van der Waals surface area contributed by atoms with Gasteiger partial charge in [-0.1, -0.05) is 42.8 Å². The van der Waals surface area contributed by atoms with Crippen molar-refractivity contribution in [3.05, 3.63) is 33.3 Å². The van der Waals surface area contributed by atoms with E-state index in [1.807, 2.05) is 0 Å². The Morgan fingerprint density at radius 3 is 2.40 bits per heavy atom. The molecule has 0 aromatic heterocycles. The van der Waals surface area contributed by atoms with E-state index in [2.05, 4.69) is 48.8 Å². The molecule has 0 aliphatic rings. The fourth-order valence-corrected chi connectivity index (χ4v) is 2.62. The molecule has 1 rings (SSSR count). The summed E-state index contributed by atoms with van der Waals surface area (Å²) in [6, 6.07) is 4.48. The Labute approximate surface area is 106 Å². The highest BCUT2D eigenvalue weighted by Crippen LogP contribution is 2.30. The third kappa shape index (κ3) is 2.98. The number of alkyl halides is 1. The summed E-state index contributed by atoms with van der Waals surface area (Å²) in [7, 11) is 0. The van der Waals surface area contributed by atoms with Gasteiger partial charge in [-0.05, 0) is 41.5 Å². The first kappa shape index (κ1) is 13.1. The van der Waals surface area contributed by atoms with Crippen LogP contribution in [0.3, 0.4) is 0 Å². The number of aryl methyl sites for hydroxylation is 1. The van der Waals surface area contributed by atoms with Crippen molar-refractivity contribution < 1.29 is 0 Å². The van der Waals surface area contributed by atoms with Crippen LogP contribution in [0.2, 0.25) is 0 Å². The largest absolute Gasteiger partial charge is 0.122 e. The maximum atomic E-state index is 6.00. The van der Waals surface area contributed by atoms with Gasteiger partial charge in [-0.25, -0.2) is 0 Å². The van der Waals surface area contributed by atoms with Crippen molar-refractivity contribution in [2.24, 2.45) is 0 Å². The van der Waals surface area contributed by atoms with Gasteiger partial charge in [0.1, 0.15) is 0 Å². The van der Waals surface area contributed by atoms with Crippen LogP contribution < -0.4 is 0 Å². The highest BCUT2D eigenvalue weighted by Gasteiger charge is 2.11. The molecule has 0 saturated carbocycles. The number of hydrogen-bond donors (Lipinski definition) is 0. The quantitative estimate of drug-likeness (QED) is 0.663. The van der Waals surface area contributed by atoms with E-state index in [0.717, 1.165) is 12.8 Å². The van der Waals surface area contributed by atoms with Gasteiger partial charge in [-0.3, -0.25) is 0 Å². The van der Waals surface area contributed by atoms with Crippen molar-refractivity contribution in [1.29, 1.82) is 0 Å². The third-order valence-corrected chi connectivity index (χ3v) is 4.00. The second-order valence-electron chi connectivity index (χ2n) is 3.94. The summed E-state index contributed by atoms with van der Waals surface area (Å²) in [6.07, 6.45) is 2.20. The monoisotopic (exact) mass is 288 g/mol. The van der Waals surface area contributed by atoms with E-state index in [0.29, 0.717) is 11.8 Å². The summed E-state index contributed by atoms with van der Waals surface area (Å²) in [5, 5.41) is 0. The summed E-state index contributed by atoms with van der Waals surface area (Å²) >= 11 is 9.62. The van der Waals surface area contributed by atoms with Crippen LogP contribution in [-0.4, -0.2) is 0 Å². The molecule has 0 aliphatic heterocycles. The Balaban J connectivity index is 3.21. The van der Waals surface area contributed by atoms with Gasteiger partial charge in [0.25, 0.3) is 0 Å². The lowest BCUT2D eigenvalue weighted by atomic mass is 9.92. The van der Waals surface area contributed by atoms with E-state index >= 15 is 0 Å². The maximum absolute atomic E-state index is 6.00. The molecule has 0 aliphatic carbocycles. The molecule has 0 N–H and O–H groups in total. The SMILES string of the molecule is CCc1cc(CCl)c(C(C)CC)cc1Br. The van der Waals surface area contributed by atoms with Gasteiger partial charge in [0.2, 0.25) is 0 Å². The zero-order chi connectivity index (χ0) is 11.4. The van der Waals surface area contributed by atoms with Crippen LogP contribution in [0.5, 0.6) is 0 Å².